The van der Waals surface area contributed by atoms with Gasteiger partial charge < -0.3 is 9.80 Å². The molecule has 0 aliphatic carbocycles. The molecule has 1 aromatic heterocycles. The van der Waals surface area contributed by atoms with Gasteiger partial charge in [0.25, 0.3) is 10.2 Å². The van der Waals surface area contributed by atoms with Gasteiger partial charge in [0, 0.05) is 25.7 Å². The van der Waals surface area contributed by atoms with Crippen molar-refractivity contribution < 1.29 is 13.2 Å². The summed E-state index contributed by atoms with van der Waals surface area (Å²) in [5.74, 6) is 1.30. The lowest BCUT2D eigenvalue weighted by Crippen LogP contribution is -2.55. The summed E-state index contributed by atoms with van der Waals surface area (Å²) in [6.07, 6.45) is 2.63. The molecule has 2 aliphatic rings. The molecule has 3 heterocycles. The second-order valence-electron chi connectivity index (χ2n) is 6.51. The van der Waals surface area contributed by atoms with Gasteiger partial charge in [0.05, 0.1) is 12.1 Å². The van der Waals surface area contributed by atoms with E-state index in [0.717, 1.165) is 11.4 Å². The Kier molecular flexibility index (Phi) is 4.10. The van der Waals surface area contributed by atoms with Crippen LogP contribution < -0.4 is 20.1 Å². The van der Waals surface area contributed by atoms with E-state index in [1.165, 1.54) is 6.33 Å². The van der Waals surface area contributed by atoms with E-state index in [4.69, 9.17) is 5.14 Å². The van der Waals surface area contributed by atoms with Crippen molar-refractivity contribution >= 4 is 27.9 Å². The van der Waals surface area contributed by atoms with Crippen LogP contribution in [0.3, 0.4) is 0 Å². The van der Waals surface area contributed by atoms with E-state index in [-0.39, 0.29) is 6.03 Å². The molecular formula is C13H21N7O3S. The molecule has 1 fully saturated rings. The summed E-state index contributed by atoms with van der Waals surface area (Å²) in [4.78, 5) is 23.9. The van der Waals surface area contributed by atoms with Gasteiger partial charge in [0.1, 0.15) is 18.0 Å². The first-order valence-corrected chi connectivity index (χ1v) is 9.14. The highest BCUT2D eigenvalue weighted by molar-refractivity contribution is 7.87. The maximum Gasteiger partial charge on any atom is 0.323 e. The number of fused-ring (bicyclic) bond motifs is 1. The molecule has 2 aliphatic heterocycles. The zero-order chi connectivity index (χ0) is 17.5. The SMILES string of the molecule is CN1Cc2c(ncnc2N2CCC(C)(NS(N)(=O)=O)CC2)NC1=O. The van der Waals surface area contributed by atoms with Crippen LogP contribution in [-0.4, -0.2) is 55.0 Å². The average molecular weight is 355 g/mol. The highest BCUT2D eigenvalue weighted by Crippen LogP contribution is 2.31. The minimum atomic E-state index is -3.74. The second-order valence-corrected chi connectivity index (χ2v) is 7.80. The molecule has 24 heavy (non-hydrogen) atoms. The fourth-order valence-corrected chi connectivity index (χ4v) is 3.98. The van der Waals surface area contributed by atoms with E-state index in [0.29, 0.717) is 38.3 Å². The van der Waals surface area contributed by atoms with Gasteiger partial charge in [-0.1, -0.05) is 0 Å². The van der Waals surface area contributed by atoms with E-state index < -0.39 is 15.7 Å². The Morgan fingerprint density at radius 2 is 2.00 bits per heavy atom. The molecule has 4 N–H and O–H groups in total. The molecule has 0 unspecified atom stereocenters. The lowest BCUT2D eigenvalue weighted by atomic mass is 9.91. The standard InChI is InChI=1S/C13H21N7O3S/c1-13(18-24(14,22)23)3-5-20(6-4-13)11-9-7-19(2)12(21)17-10(9)15-8-16-11/h8,18H,3-7H2,1-2H3,(H2,14,22,23)(H,15,16,17,21). The van der Waals surface area contributed by atoms with Crippen molar-refractivity contribution in [3.63, 3.8) is 0 Å². The molecule has 1 aromatic rings. The summed E-state index contributed by atoms with van der Waals surface area (Å²) in [7, 11) is -2.03. The lowest BCUT2D eigenvalue weighted by Gasteiger charge is -2.40. The highest BCUT2D eigenvalue weighted by atomic mass is 32.2. The molecule has 132 valence electrons. The minimum Gasteiger partial charge on any atom is -0.356 e. The first-order chi connectivity index (χ1) is 11.2. The van der Waals surface area contributed by atoms with Crippen LogP contribution in [0.4, 0.5) is 16.4 Å². The number of amides is 2. The van der Waals surface area contributed by atoms with Crippen molar-refractivity contribution in [2.24, 2.45) is 5.14 Å². The first kappa shape index (κ1) is 16.9. The number of aromatic nitrogens is 2. The fourth-order valence-electron chi connectivity index (χ4n) is 3.09. The van der Waals surface area contributed by atoms with E-state index in [9.17, 15) is 13.2 Å². The van der Waals surface area contributed by atoms with Crippen LogP contribution in [0.5, 0.6) is 0 Å². The summed E-state index contributed by atoms with van der Waals surface area (Å²) in [6.45, 7) is 3.53. The van der Waals surface area contributed by atoms with Crippen molar-refractivity contribution in [3.05, 3.63) is 11.9 Å². The number of nitrogens with one attached hydrogen (secondary N) is 2. The van der Waals surface area contributed by atoms with Crippen LogP contribution in [0, 0.1) is 0 Å². The Bertz CT molecular complexity index is 759. The van der Waals surface area contributed by atoms with E-state index in [1.807, 2.05) is 6.92 Å². The van der Waals surface area contributed by atoms with Gasteiger partial charge in [-0.3, -0.25) is 5.32 Å². The smallest absolute Gasteiger partial charge is 0.323 e. The number of rotatable bonds is 3. The van der Waals surface area contributed by atoms with Crippen molar-refractivity contribution in [2.45, 2.75) is 31.8 Å². The van der Waals surface area contributed by atoms with Gasteiger partial charge in [-0.15, -0.1) is 0 Å². The first-order valence-electron chi connectivity index (χ1n) is 7.59. The molecule has 0 atom stereocenters. The van der Waals surface area contributed by atoms with Crippen LogP contribution >= 0.6 is 0 Å². The minimum absolute atomic E-state index is 0.198. The third-order valence-corrected chi connectivity index (χ3v) is 5.22. The Labute approximate surface area is 140 Å². The van der Waals surface area contributed by atoms with Crippen molar-refractivity contribution in [3.8, 4) is 0 Å². The summed E-state index contributed by atoms with van der Waals surface area (Å²) in [6, 6.07) is -0.198. The number of anilines is 2. The van der Waals surface area contributed by atoms with Crippen LogP contribution in [-0.2, 0) is 16.8 Å². The molecule has 0 aromatic carbocycles. The van der Waals surface area contributed by atoms with Gasteiger partial charge in [-0.25, -0.2) is 19.9 Å². The predicted molar refractivity (Wildman–Crippen MR) is 88.6 cm³/mol. The molecule has 0 spiro atoms. The zero-order valence-corrected chi connectivity index (χ0v) is 14.4. The second kappa shape index (κ2) is 5.83. The number of hydrogen-bond acceptors (Lipinski definition) is 6. The third-order valence-electron chi connectivity index (χ3n) is 4.45. The monoisotopic (exact) mass is 355 g/mol. The van der Waals surface area contributed by atoms with E-state index in [1.54, 1.807) is 11.9 Å². The Hall–Kier alpha value is -1.98. The normalized spacial score (nSPS) is 20.5. The quantitative estimate of drug-likeness (QED) is 0.676. The fraction of sp³-hybridized carbons (Fsp3) is 0.615. The van der Waals surface area contributed by atoms with Crippen LogP contribution in [0.15, 0.2) is 6.33 Å². The van der Waals surface area contributed by atoms with Gasteiger partial charge in [0.2, 0.25) is 0 Å². The van der Waals surface area contributed by atoms with Gasteiger partial charge in [-0.05, 0) is 19.8 Å². The Morgan fingerprint density at radius 3 is 2.62 bits per heavy atom. The molecule has 10 nitrogen and oxygen atoms in total. The zero-order valence-electron chi connectivity index (χ0n) is 13.6. The maximum atomic E-state index is 11.7. The summed E-state index contributed by atoms with van der Waals surface area (Å²) in [5.41, 5.74) is 0.296. The number of nitrogens with zero attached hydrogens (tertiary/aromatic N) is 4. The molecule has 0 radical (unpaired) electrons. The van der Waals surface area contributed by atoms with Crippen molar-refractivity contribution in [1.82, 2.24) is 19.6 Å². The molecule has 3 rings (SSSR count). The van der Waals surface area contributed by atoms with Crippen LogP contribution in [0.25, 0.3) is 0 Å². The van der Waals surface area contributed by atoms with E-state index in [2.05, 4.69) is 24.9 Å². The number of carbonyl (C=O) groups excluding carboxylic acids is 1. The number of nitrogens with two attached hydrogens (primary N) is 1. The molecule has 0 saturated carbocycles. The number of urea groups is 1. The number of carbonyl (C=O) groups is 1. The van der Waals surface area contributed by atoms with Gasteiger partial charge in [-0.2, -0.15) is 13.1 Å². The topological polar surface area (TPSA) is 134 Å². The molecular weight excluding hydrogens is 334 g/mol. The molecule has 1 saturated heterocycles. The lowest BCUT2D eigenvalue weighted by molar-refractivity contribution is 0.218. The number of piperidine rings is 1. The number of hydrogen-bond donors (Lipinski definition) is 3. The summed E-state index contributed by atoms with van der Waals surface area (Å²) >= 11 is 0. The van der Waals surface area contributed by atoms with Crippen LogP contribution in [0.1, 0.15) is 25.3 Å². The van der Waals surface area contributed by atoms with Crippen molar-refractivity contribution in [1.29, 1.82) is 0 Å². The molecule has 2 amide bonds. The Morgan fingerprint density at radius 1 is 1.33 bits per heavy atom. The van der Waals surface area contributed by atoms with Gasteiger partial charge in [0.15, 0.2) is 0 Å². The van der Waals surface area contributed by atoms with Crippen LogP contribution in [0.2, 0.25) is 0 Å². The highest BCUT2D eigenvalue weighted by Gasteiger charge is 2.35. The average Bonchev–Trinajstić information content (AvgIpc) is 2.47. The third kappa shape index (κ3) is 3.42. The van der Waals surface area contributed by atoms with E-state index >= 15 is 0 Å². The summed E-state index contributed by atoms with van der Waals surface area (Å²) in [5, 5.41) is 7.84. The summed E-state index contributed by atoms with van der Waals surface area (Å²) < 4.78 is 25.1. The molecule has 0 bridgehead atoms. The van der Waals surface area contributed by atoms with Gasteiger partial charge >= 0.3 is 6.03 Å². The predicted octanol–water partition coefficient (Wildman–Crippen LogP) is -0.394. The maximum absolute atomic E-state index is 11.7. The van der Waals surface area contributed by atoms with Crippen molar-refractivity contribution in [2.75, 3.05) is 30.4 Å². The molecule has 11 heteroatoms. The Balaban J connectivity index is 1.78. The largest absolute Gasteiger partial charge is 0.356 e.